The van der Waals surface area contributed by atoms with Gasteiger partial charge in [0, 0.05) is 0 Å². The molecule has 0 saturated heterocycles. The van der Waals surface area contributed by atoms with E-state index < -0.39 is 0 Å². The molecule has 0 saturated carbocycles. The fraction of sp³-hybridized carbons (Fsp3) is 0.759. The highest BCUT2D eigenvalue weighted by Gasteiger charge is 2.06. The molecule has 0 unspecified atom stereocenters. The van der Waals surface area contributed by atoms with Gasteiger partial charge in [0.1, 0.15) is 46.2 Å². The highest BCUT2D eigenvalue weighted by molar-refractivity contribution is 5.89. The van der Waals surface area contributed by atoms with Gasteiger partial charge in [0.15, 0.2) is 0 Å². The van der Waals surface area contributed by atoms with E-state index in [-0.39, 0.29) is 19.2 Å². The van der Waals surface area contributed by atoms with Crippen molar-refractivity contribution in [2.24, 2.45) is 0 Å². The Kier molecular flexibility index (Phi) is 82.8. The molecule has 0 heterocycles. The van der Waals surface area contributed by atoms with Crippen LogP contribution >= 0.6 is 0 Å². The van der Waals surface area contributed by atoms with E-state index in [0.717, 1.165) is 77.0 Å². The summed E-state index contributed by atoms with van der Waals surface area (Å²) in [6.07, 6.45) is 39.1. The van der Waals surface area contributed by atoms with Crippen LogP contribution in [-0.2, 0) is 71.1 Å². The summed E-state index contributed by atoms with van der Waals surface area (Å²) in [6, 6.07) is 8.91. The zero-order valence-electron chi connectivity index (χ0n) is 63.3. The maximum absolute atomic E-state index is 11.7. The van der Waals surface area contributed by atoms with E-state index >= 15 is 0 Å². The van der Waals surface area contributed by atoms with Crippen LogP contribution in [0.1, 0.15) is 248 Å². The van der Waals surface area contributed by atoms with Gasteiger partial charge >= 0.3 is 5.97 Å². The standard InChI is InChI=1S/2C22H42O4.C21H32O5.C14H28O4/c2*1-5-9-11-21(7-3)19-25-17-15-23-13-14-24-16-18-26-20-22(8-4)12-10-6-2;1-3-5-9-19(4-2)18-25-15-14-23-12-13-24-16-17-26-21(22)20-10-7-6-8-11-20;1-3-5-6-14(4-2)13-18-12-11-17-10-9-16-8-7-15/h2*19-20H,5-18H2,1-4H3;6-8,10-11,18H,3-5,9,12-17H2,1-2H3;13,15H,3-12H2,1-2H3/b21-19+,22-20+;;;14-13+. The highest BCUT2D eigenvalue weighted by atomic mass is 16.6. The van der Waals surface area contributed by atoms with Crippen molar-refractivity contribution >= 4 is 5.97 Å². The second-order valence-corrected chi connectivity index (χ2v) is 22.7. The molecule has 0 aliphatic carbocycles. The smallest absolute Gasteiger partial charge is 0.338 e. The fourth-order valence-corrected chi connectivity index (χ4v) is 8.24. The minimum Gasteiger partial charge on any atom is -0.499 e. The van der Waals surface area contributed by atoms with Gasteiger partial charge in [-0.15, -0.1) is 0 Å². The molecule has 96 heavy (non-hydrogen) atoms. The SMILES string of the molecule is CCCC/C(=C/OCCOCCOCCO)CC.CCCC/C(=C/OCCOCCOCCO/C=C(\CC)CCCC)CC.CCCCC(=COCCOCCOCCOC(=O)c1ccccc1)CC.CCCCC(=COCCOCCOCCOC=C(CC)CCCC)CC. The summed E-state index contributed by atoms with van der Waals surface area (Å²) < 4.78 is 81.5. The molecule has 0 aliphatic heterocycles. The monoisotopic (exact) mass is 1370 g/mol. The van der Waals surface area contributed by atoms with Crippen molar-refractivity contribution in [3.63, 3.8) is 0 Å². The molecule has 0 atom stereocenters. The maximum Gasteiger partial charge on any atom is 0.338 e. The molecule has 0 radical (unpaired) electrons. The average molecular weight is 1370 g/mol. The minimum absolute atomic E-state index is 0.0610. The third kappa shape index (κ3) is 72.3. The van der Waals surface area contributed by atoms with Crippen molar-refractivity contribution < 1.29 is 81.0 Å². The normalized spacial score (nSPS) is 12.1. The molecule has 0 spiro atoms. The quantitative estimate of drug-likeness (QED) is 0.0370. The van der Waals surface area contributed by atoms with Gasteiger partial charge in [0.05, 0.1) is 155 Å². The molecule has 1 aromatic carbocycles. The van der Waals surface area contributed by atoms with Gasteiger partial charge in [-0.3, -0.25) is 0 Å². The molecular formula is C79H144O17. The van der Waals surface area contributed by atoms with Crippen LogP contribution in [0, 0.1) is 0 Å². The number of carbonyl (C=O) groups excluding carboxylic acids is 1. The van der Waals surface area contributed by atoms with Crippen molar-refractivity contribution in [1.29, 1.82) is 0 Å². The van der Waals surface area contributed by atoms with E-state index in [1.165, 1.54) is 110 Å². The van der Waals surface area contributed by atoms with Gasteiger partial charge < -0.3 is 76.2 Å². The molecule has 1 rings (SSSR count). The van der Waals surface area contributed by atoms with E-state index in [0.29, 0.717) is 151 Å². The zero-order valence-corrected chi connectivity index (χ0v) is 63.3. The number of allylic oxidation sites excluding steroid dienone is 6. The second-order valence-electron chi connectivity index (χ2n) is 22.7. The Bertz CT molecular complexity index is 1780. The number of carbonyl (C=O) groups is 1. The Labute approximate surface area is 587 Å². The molecule has 17 nitrogen and oxygen atoms in total. The van der Waals surface area contributed by atoms with Crippen LogP contribution in [0.5, 0.6) is 0 Å². The molecule has 0 bridgehead atoms. The Morgan fingerprint density at radius 2 is 0.479 bits per heavy atom. The molecule has 562 valence electrons. The molecule has 1 aromatic rings. The van der Waals surface area contributed by atoms with Gasteiger partial charge in [-0.25, -0.2) is 4.79 Å². The number of hydrogen-bond donors (Lipinski definition) is 1. The number of aliphatic hydroxyl groups excluding tert-OH is 1. The molecule has 0 amide bonds. The van der Waals surface area contributed by atoms with E-state index in [4.69, 9.17) is 76.2 Å². The molecule has 17 heteroatoms. The van der Waals surface area contributed by atoms with Gasteiger partial charge in [0.25, 0.3) is 0 Å². The number of esters is 1. The largest absolute Gasteiger partial charge is 0.499 e. The molecular weight excluding hydrogens is 1220 g/mol. The second kappa shape index (κ2) is 83.0. The lowest BCUT2D eigenvalue weighted by Gasteiger charge is -2.08. The van der Waals surface area contributed by atoms with Crippen molar-refractivity contribution in [2.75, 3.05) is 159 Å². The first-order chi connectivity index (χ1) is 47.2. The third-order valence-corrected chi connectivity index (χ3v) is 14.6. The number of rotatable bonds is 66. The lowest BCUT2D eigenvalue weighted by Crippen LogP contribution is -2.13. The van der Waals surface area contributed by atoms with Gasteiger partial charge in [-0.2, -0.15) is 0 Å². The number of unbranched alkanes of at least 4 members (excludes halogenated alkanes) is 6. The predicted molar refractivity (Wildman–Crippen MR) is 393 cm³/mol. The minimum atomic E-state index is -0.332. The lowest BCUT2D eigenvalue weighted by molar-refractivity contribution is 0.00810. The van der Waals surface area contributed by atoms with Gasteiger partial charge in [0.2, 0.25) is 0 Å². The van der Waals surface area contributed by atoms with E-state index in [9.17, 15) is 4.79 Å². The van der Waals surface area contributed by atoms with E-state index in [1.54, 1.807) is 24.3 Å². The molecule has 0 aliphatic rings. The van der Waals surface area contributed by atoms with Crippen LogP contribution in [0.15, 0.2) is 101 Å². The summed E-state index contributed by atoms with van der Waals surface area (Å²) in [4.78, 5) is 11.7. The Hall–Kier alpha value is -4.43. The first-order valence-electron chi connectivity index (χ1n) is 37.4. The summed E-state index contributed by atoms with van der Waals surface area (Å²) >= 11 is 0. The van der Waals surface area contributed by atoms with E-state index in [2.05, 4.69) is 83.1 Å². The molecule has 0 aromatic heterocycles. The Morgan fingerprint density at radius 1 is 0.281 bits per heavy atom. The average Bonchev–Trinajstić information content (AvgIpc) is 2.66. The number of benzene rings is 1. The van der Waals surface area contributed by atoms with Gasteiger partial charge in [-0.05, 0) is 161 Å². The van der Waals surface area contributed by atoms with Crippen LogP contribution < -0.4 is 0 Å². The van der Waals surface area contributed by atoms with Crippen LogP contribution in [0.2, 0.25) is 0 Å². The van der Waals surface area contributed by atoms with Crippen LogP contribution in [-0.4, -0.2) is 170 Å². The van der Waals surface area contributed by atoms with Crippen LogP contribution in [0.3, 0.4) is 0 Å². The predicted octanol–water partition coefficient (Wildman–Crippen LogP) is 18.9. The van der Waals surface area contributed by atoms with E-state index in [1.807, 2.05) is 43.6 Å². The van der Waals surface area contributed by atoms with Crippen molar-refractivity contribution in [3.05, 3.63) is 107 Å². The maximum atomic E-state index is 11.7. The Balaban J connectivity index is -0.00000121. The van der Waals surface area contributed by atoms with Crippen LogP contribution in [0.25, 0.3) is 0 Å². The molecule has 0 fully saturated rings. The topological polar surface area (TPSA) is 176 Å². The van der Waals surface area contributed by atoms with Crippen LogP contribution in [0.4, 0.5) is 0 Å². The van der Waals surface area contributed by atoms with Crippen molar-refractivity contribution in [2.45, 2.75) is 237 Å². The first-order valence-corrected chi connectivity index (χ1v) is 37.4. The summed E-state index contributed by atoms with van der Waals surface area (Å²) in [6.45, 7) is 38.7. The van der Waals surface area contributed by atoms with Crippen molar-refractivity contribution in [1.82, 2.24) is 0 Å². The summed E-state index contributed by atoms with van der Waals surface area (Å²) in [7, 11) is 0. The highest BCUT2D eigenvalue weighted by Crippen LogP contribution is 2.16. The fourth-order valence-electron chi connectivity index (χ4n) is 8.24. The molecule has 1 N–H and O–H groups in total. The lowest BCUT2D eigenvalue weighted by atomic mass is 10.1. The number of hydrogen-bond acceptors (Lipinski definition) is 17. The summed E-state index contributed by atoms with van der Waals surface area (Å²) in [5.74, 6) is -0.332. The Morgan fingerprint density at radius 3 is 0.677 bits per heavy atom. The number of aliphatic hydroxyl groups is 1. The van der Waals surface area contributed by atoms with Crippen molar-refractivity contribution in [3.8, 4) is 0 Å². The number of ether oxygens (including phenoxy) is 15. The van der Waals surface area contributed by atoms with Gasteiger partial charge in [-0.1, -0.05) is 140 Å². The summed E-state index contributed by atoms with van der Waals surface area (Å²) in [5.41, 5.74) is 8.78. The third-order valence-electron chi connectivity index (χ3n) is 14.6. The summed E-state index contributed by atoms with van der Waals surface area (Å²) in [5, 5.41) is 8.48. The first kappa shape index (κ1) is 95.8. The zero-order chi connectivity index (χ0) is 70.9.